The molecule has 0 amide bonds. The van der Waals surface area contributed by atoms with Gasteiger partial charge in [0.25, 0.3) is 0 Å². The van der Waals surface area contributed by atoms with Gasteiger partial charge in [-0.25, -0.2) is 0 Å². The van der Waals surface area contributed by atoms with Gasteiger partial charge < -0.3 is 0 Å². The molecule has 1 fully saturated rings. The molecule has 0 aromatic carbocycles. The van der Waals surface area contributed by atoms with E-state index in [1.54, 1.807) is 0 Å². The van der Waals surface area contributed by atoms with Crippen molar-refractivity contribution in [3.63, 3.8) is 0 Å². The van der Waals surface area contributed by atoms with Crippen LogP contribution < -0.4 is 0 Å². The van der Waals surface area contributed by atoms with Gasteiger partial charge in [-0.15, -0.1) is 0 Å². The summed E-state index contributed by atoms with van der Waals surface area (Å²) in [5.74, 6) is 0. The van der Waals surface area contributed by atoms with Crippen molar-refractivity contribution in [2.45, 2.75) is 37.8 Å². The summed E-state index contributed by atoms with van der Waals surface area (Å²) < 4.78 is 36.6. The van der Waals surface area contributed by atoms with Crippen LogP contribution in [-0.2, 0) is 32.5 Å². The Kier molecular flexibility index (Phi) is 11.2. The Morgan fingerprint density at radius 1 is 1.11 bits per heavy atom. The summed E-state index contributed by atoms with van der Waals surface area (Å²) in [7, 11) is 6.84. The molecule has 1 heterocycles. The minimum atomic E-state index is -5.37. The van der Waals surface area contributed by atoms with Crippen molar-refractivity contribution in [2.75, 3.05) is 53.2 Å². The van der Waals surface area contributed by atoms with Gasteiger partial charge in [-0.05, 0) is 0 Å². The number of hydrogen-bond donors (Lipinski definition) is 3. The fourth-order valence-corrected chi connectivity index (χ4v) is 4.08. The zero-order valence-electron chi connectivity index (χ0n) is 15.8. The Balaban J connectivity index is 2.72. The molecule has 0 aromatic rings. The van der Waals surface area contributed by atoms with Crippen molar-refractivity contribution < 1.29 is 47.4 Å². The zero-order chi connectivity index (χ0) is 20.4. The zero-order valence-corrected chi connectivity index (χ0v) is 16.7. The molecule has 1 aliphatic heterocycles. The number of aliphatic hydroxyl groups excluding tert-OH is 1. The van der Waals surface area contributed by atoms with Gasteiger partial charge in [0.2, 0.25) is 0 Å². The second-order valence-electron chi connectivity index (χ2n) is 5.83. The first-order chi connectivity index (χ1) is 12.8. The fraction of sp³-hybridized carbons (Fsp3) is 1.00. The van der Waals surface area contributed by atoms with Crippen molar-refractivity contribution in [1.82, 2.24) is 0 Å². The third kappa shape index (κ3) is 8.20. The summed E-state index contributed by atoms with van der Waals surface area (Å²) in [6, 6.07) is 0. The van der Waals surface area contributed by atoms with E-state index in [9.17, 15) is 14.9 Å². The quantitative estimate of drug-likeness (QED) is 0.229. The maximum atomic E-state index is 10.5. The molecule has 0 spiro atoms. The van der Waals surface area contributed by atoms with Crippen molar-refractivity contribution in [1.29, 1.82) is 0 Å². The van der Waals surface area contributed by atoms with E-state index in [4.69, 9.17) is 48.2 Å². The third-order valence-electron chi connectivity index (χ3n) is 3.73. The monoisotopic (exact) mass is 410 g/mol. The van der Waals surface area contributed by atoms with E-state index < -0.39 is 38.8 Å². The Morgan fingerprint density at radius 2 is 1.81 bits per heavy atom. The van der Waals surface area contributed by atoms with Crippen LogP contribution in [0.3, 0.4) is 0 Å². The predicted molar refractivity (Wildman–Crippen MR) is 98.1 cm³/mol. The first-order valence-electron chi connectivity index (χ1n) is 8.67. The standard InChI is InChI=1S/C14H29B2O10P/c1-3-4-21-11(5-17)13(23-10-16)7-24-27(18,19)25-8-14(26-27)12(6-20-2)22-9-15/h11-14,17-19H,3-10H2,1-2H3/t11-,12-,13-,14-/m1/s1. The first-order valence-corrected chi connectivity index (χ1v) is 10.6. The number of aliphatic hydroxyl groups is 1. The number of methoxy groups -OCH3 is 1. The molecule has 3 N–H and O–H groups in total. The van der Waals surface area contributed by atoms with Crippen LogP contribution in [0, 0.1) is 0 Å². The van der Waals surface area contributed by atoms with Gasteiger partial charge in [0.15, 0.2) is 0 Å². The van der Waals surface area contributed by atoms with Gasteiger partial charge in [-0.3, -0.25) is 0 Å². The molecule has 0 unspecified atom stereocenters. The van der Waals surface area contributed by atoms with Gasteiger partial charge in [0, 0.05) is 0 Å². The number of hydrogen-bond acceptors (Lipinski definition) is 10. The van der Waals surface area contributed by atoms with Crippen molar-refractivity contribution in [2.24, 2.45) is 0 Å². The van der Waals surface area contributed by atoms with E-state index >= 15 is 0 Å². The molecule has 0 bridgehead atoms. The van der Waals surface area contributed by atoms with Crippen LogP contribution in [0.1, 0.15) is 13.3 Å². The first kappa shape index (κ1) is 25.2. The summed E-state index contributed by atoms with van der Waals surface area (Å²) in [6.45, 7) is 1.13. The van der Waals surface area contributed by atoms with E-state index in [-0.39, 0.29) is 32.8 Å². The summed E-state index contributed by atoms with van der Waals surface area (Å²) >= 11 is 0. The summed E-state index contributed by atoms with van der Waals surface area (Å²) in [5, 5.41) is 9.48. The summed E-state index contributed by atoms with van der Waals surface area (Å²) in [4.78, 5) is 20.9. The number of rotatable bonds is 15. The van der Waals surface area contributed by atoms with Crippen LogP contribution >= 0.6 is 7.74 Å². The molecule has 0 saturated carbocycles. The third-order valence-corrected chi connectivity index (χ3v) is 5.55. The molecule has 1 saturated heterocycles. The van der Waals surface area contributed by atoms with E-state index in [0.717, 1.165) is 6.42 Å². The van der Waals surface area contributed by atoms with Gasteiger partial charge >= 0.3 is 162 Å². The molecule has 4 atom stereocenters. The van der Waals surface area contributed by atoms with Crippen LogP contribution in [0.2, 0.25) is 0 Å². The molecule has 0 aliphatic carbocycles. The van der Waals surface area contributed by atoms with Crippen LogP contribution in [-0.4, -0.2) is 108 Å². The van der Waals surface area contributed by atoms with Gasteiger partial charge in [0.1, 0.15) is 0 Å². The molecule has 4 radical (unpaired) electrons. The molecule has 1 rings (SSSR count). The molecule has 1 aliphatic rings. The molecule has 27 heavy (non-hydrogen) atoms. The predicted octanol–water partition coefficient (Wildman–Crippen LogP) is -1.01. The Hall–Kier alpha value is 0.160. The van der Waals surface area contributed by atoms with Crippen molar-refractivity contribution >= 4 is 23.4 Å². The number of ether oxygens (including phenoxy) is 4. The summed E-state index contributed by atoms with van der Waals surface area (Å²) in [5.41, 5.74) is 0. The van der Waals surface area contributed by atoms with Crippen LogP contribution in [0.25, 0.3) is 0 Å². The Labute approximate surface area is 162 Å². The van der Waals surface area contributed by atoms with Crippen molar-refractivity contribution in [3.05, 3.63) is 0 Å². The normalized spacial score (nSPS) is 26.1. The Bertz CT molecular complexity index is 413. The molecular formula is C14H29B2O10P. The second-order valence-corrected chi connectivity index (χ2v) is 8.16. The Morgan fingerprint density at radius 3 is 2.37 bits per heavy atom. The van der Waals surface area contributed by atoms with Crippen LogP contribution in [0.4, 0.5) is 0 Å². The fourth-order valence-electron chi connectivity index (χ4n) is 2.42. The van der Waals surface area contributed by atoms with Gasteiger partial charge in [0.05, 0.1) is 0 Å². The molecule has 10 nitrogen and oxygen atoms in total. The minimum absolute atomic E-state index is 0.105. The molecule has 13 heteroatoms. The topological polar surface area (TPSA) is 125 Å². The second kappa shape index (κ2) is 12.0. The van der Waals surface area contributed by atoms with E-state index in [1.807, 2.05) is 6.92 Å². The van der Waals surface area contributed by atoms with Crippen molar-refractivity contribution in [3.8, 4) is 0 Å². The van der Waals surface area contributed by atoms with E-state index in [1.165, 1.54) is 7.11 Å². The van der Waals surface area contributed by atoms with Gasteiger partial charge in [-0.2, -0.15) is 0 Å². The summed E-state index contributed by atoms with van der Waals surface area (Å²) in [6.07, 6.45) is -2.46. The average Bonchev–Trinajstić information content (AvgIpc) is 2.97. The van der Waals surface area contributed by atoms with Gasteiger partial charge in [-0.1, -0.05) is 0 Å². The van der Waals surface area contributed by atoms with E-state index in [2.05, 4.69) is 0 Å². The van der Waals surface area contributed by atoms with Crippen LogP contribution in [0.5, 0.6) is 0 Å². The average molecular weight is 410 g/mol. The SMILES string of the molecule is [B]CO[C@H](COP1(O)(O)OC[C@H]([C@@H](COC)OC[B])O1)[C@@H](CO)OCCC. The molecule has 156 valence electrons. The maximum absolute atomic E-state index is 10.5. The molecule has 0 aromatic heterocycles. The molecular weight excluding hydrogens is 381 g/mol. The van der Waals surface area contributed by atoms with E-state index in [0.29, 0.717) is 6.61 Å². The van der Waals surface area contributed by atoms with Crippen LogP contribution in [0.15, 0.2) is 0 Å².